The molecule has 4 rings (SSSR count). The van der Waals surface area contributed by atoms with Gasteiger partial charge in [0.05, 0.1) is 15.5 Å². The maximum absolute atomic E-state index is 12.8. The lowest BCUT2D eigenvalue weighted by Crippen LogP contribution is -2.36. The number of amides is 3. The smallest absolute Gasteiger partial charge is 0.294 e. The number of non-ortho nitro benzene ring substituents is 1. The first kappa shape index (κ1) is 22.0. The fraction of sp³-hybridized carbons (Fsp3) is 0.0870. The molecule has 1 aromatic heterocycles. The Morgan fingerprint density at radius 1 is 1.12 bits per heavy atom. The number of thioether (sulfide) groups is 1. The van der Waals surface area contributed by atoms with Gasteiger partial charge in [0, 0.05) is 29.7 Å². The predicted octanol–water partition coefficient (Wildman–Crippen LogP) is 4.37. The Morgan fingerprint density at radius 3 is 2.61 bits per heavy atom. The van der Waals surface area contributed by atoms with Gasteiger partial charge in [-0.15, -0.1) is 0 Å². The molecule has 0 saturated carbocycles. The molecule has 0 atom stereocenters. The van der Waals surface area contributed by atoms with Gasteiger partial charge in [-0.2, -0.15) is 0 Å². The van der Waals surface area contributed by atoms with E-state index in [2.05, 4.69) is 5.32 Å². The predicted molar refractivity (Wildman–Crippen MR) is 125 cm³/mol. The molecule has 1 aliphatic heterocycles. The van der Waals surface area contributed by atoms with E-state index in [1.54, 1.807) is 47.2 Å². The number of anilines is 1. The van der Waals surface area contributed by atoms with E-state index >= 15 is 0 Å². The second-order valence-electron chi connectivity index (χ2n) is 7.26. The summed E-state index contributed by atoms with van der Waals surface area (Å²) in [6, 6.07) is 16.7. The average Bonchev–Trinajstić information content (AvgIpc) is 3.35. The number of imide groups is 1. The SMILES string of the molecule is Cc1ccc(NC(=O)CN2C(=O)S/C(=C\c3cccn3-c3cccc([N+](=O)[O-])c3)C2=O)cc1. The summed E-state index contributed by atoms with van der Waals surface area (Å²) < 4.78 is 1.67. The van der Waals surface area contributed by atoms with Crippen LogP contribution in [0.25, 0.3) is 11.8 Å². The van der Waals surface area contributed by atoms with Crippen molar-refractivity contribution >= 4 is 46.3 Å². The molecule has 0 unspecified atom stereocenters. The Hall–Kier alpha value is -4.18. The number of hydrogen-bond acceptors (Lipinski definition) is 6. The Morgan fingerprint density at radius 2 is 1.88 bits per heavy atom. The third kappa shape index (κ3) is 4.85. The van der Waals surface area contributed by atoms with Crippen LogP contribution in [-0.4, -0.2) is 38.0 Å². The Balaban J connectivity index is 1.51. The lowest BCUT2D eigenvalue weighted by atomic mass is 10.2. The van der Waals surface area contributed by atoms with Gasteiger partial charge < -0.3 is 9.88 Å². The maximum atomic E-state index is 12.8. The molecule has 1 saturated heterocycles. The largest absolute Gasteiger partial charge is 0.325 e. The van der Waals surface area contributed by atoms with Crippen LogP contribution in [0, 0.1) is 17.0 Å². The molecule has 0 spiro atoms. The quantitative estimate of drug-likeness (QED) is 0.331. The monoisotopic (exact) mass is 462 g/mol. The number of nitro groups is 1. The topological polar surface area (TPSA) is 115 Å². The van der Waals surface area contributed by atoms with Gasteiger partial charge in [0.1, 0.15) is 6.54 Å². The molecule has 166 valence electrons. The van der Waals surface area contributed by atoms with Crippen molar-refractivity contribution in [1.29, 1.82) is 0 Å². The zero-order valence-corrected chi connectivity index (χ0v) is 18.2. The highest BCUT2D eigenvalue weighted by atomic mass is 32.2. The third-order valence-corrected chi connectivity index (χ3v) is 5.80. The summed E-state index contributed by atoms with van der Waals surface area (Å²) in [4.78, 5) is 49.2. The molecular formula is C23H18N4O5S. The van der Waals surface area contributed by atoms with Crippen LogP contribution in [-0.2, 0) is 9.59 Å². The zero-order valence-electron chi connectivity index (χ0n) is 17.4. The van der Waals surface area contributed by atoms with E-state index in [-0.39, 0.29) is 10.6 Å². The first-order valence-electron chi connectivity index (χ1n) is 9.86. The minimum Gasteiger partial charge on any atom is -0.325 e. The van der Waals surface area contributed by atoms with E-state index in [1.165, 1.54) is 18.2 Å². The molecular weight excluding hydrogens is 444 g/mol. The van der Waals surface area contributed by atoms with Crippen LogP contribution in [0.2, 0.25) is 0 Å². The number of benzene rings is 2. The van der Waals surface area contributed by atoms with Crippen molar-refractivity contribution in [1.82, 2.24) is 9.47 Å². The van der Waals surface area contributed by atoms with Crippen molar-refractivity contribution < 1.29 is 19.3 Å². The van der Waals surface area contributed by atoms with Crippen LogP contribution in [0.1, 0.15) is 11.3 Å². The zero-order chi connectivity index (χ0) is 23.5. The van der Waals surface area contributed by atoms with Gasteiger partial charge in [-0.3, -0.25) is 29.4 Å². The van der Waals surface area contributed by atoms with Crippen LogP contribution in [0.3, 0.4) is 0 Å². The lowest BCUT2D eigenvalue weighted by molar-refractivity contribution is -0.384. The number of carbonyl (C=O) groups excluding carboxylic acids is 3. The maximum Gasteiger partial charge on any atom is 0.294 e. The number of carbonyl (C=O) groups is 3. The molecule has 1 N–H and O–H groups in total. The van der Waals surface area contributed by atoms with Gasteiger partial charge in [0.25, 0.3) is 16.8 Å². The molecule has 9 nitrogen and oxygen atoms in total. The summed E-state index contributed by atoms with van der Waals surface area (Å²) in [6.07, 6.45) is 3.23. The molecule has 3 amide bonds. The first-order chi connectivity index (χ1) is 15.8. The summed E-state index contributed by atoms with van der Waals surface area (Å²) >= 11 is 0.739. The number of rotatable bonds is 6. The molecule has 0 aliphatic carbocycles. The second-order valence-corrected chi connectivity index (χ2v) is 8.26. The first-order valence-corrected chi connectivity index (χ1v) is 10.7. The van der Waals surface area contributed by atoms with E-state index in [0.717, 1.165) is 22.2 Å². The minimum absolute atomic E-state index is 0.0629. The van der Waals surface area contributed by atoms with Crippen LogP contribution < -0.4 is 5.32 Å². The van der Waals surface area contributed by atoms with Gasteiger partial charge in [-0.05, 0) is 55.1 Å². The van der Waals surface area contributed by atoms with Gasteiger partial charge in [-0.1, -0.05) is 23.8 Å². The van der Waals surface area contributed by atoms with Gasteiger partial charge >= 0.3 is 0 Å². The van der Waals surface area contributed by atoms with Gasteiger partial charge in [-0.25, -0.2) is 0 Å². The molecule has 3 aromatic rings. The second kappa shape index (κ2) is 9.13. The van der Waals surface area contributed by atoms with Crippen LogP contribution in [0.15, 0.2) is 71.8 Å². The molecule has 1 aliphatic rings. The third-order valence-electron chi connectivity index (χ3n) is 4.89. The highest BCUT2D eigenvalue weighted by Gasteiger charge is 2.36. The molecule has 0 radical (unpaired) electrons. The van der Waals surface area contributed by atoms with E-state index in [4.69, 9.17) is 0 Å². The number of nitrogens with one attached hydrogen (secondary N) is 1. The van der Waals surface area contributed by atoms with Crippen LogP contribution in [0.4, 0.5) is 16.2 Å². The summed E-state index contributed by atoms with van der Waals surface area (Å²) in [6.45, 7) is 1.52. The number of hydrogen-bond donors (Lipinski definition) is 1. The summed E-state index contributed by atoms with van der Waals surface area (Å²) in [7, 11) is 0. The summed E-state index contributed by atoms with van der Waals surface area (Å²) in [5, 5.41) is 13.2. The van der Waals surface area contributed by atoms with Crippen molar-refractivity contribution in [3.8, 4) is 5.69 Å². The fourth-order valence-corrected chi connectivity index (χ4v) is 4.08. The number of aromatic nitrogens is 1. The Bertz CT molecular complexity index is 1300. The minimum atomic E-state index is -0.573. The highest BCUT2D eigenvalue weighted by Crippen LogP contribution is 2.32. The van der Waals surface area contributed by atoms with Crippen molar-refractivity contribution in [2.75, 3.05) is 11.9 Å². The van der Waals surface area contributed by atoms with Gasteiger partial charge in [0.15, 0.2) is 0 Å². The van der Waals surface area contributed by atoms with Crippen molar-refractivity contribution in [3.05, 3.63) is 93.1 Å². The fourth-order valence-electron chi connectivity index (χ4n) is 3.25. The number of nitro benzene ring substituents is 1. The molecule has 1 fully saturated rings. The van der Waals surface area contributed by atoms with Crippen LogP contribution >= 0.6 is 11.8 Å². The van der Waals surface area contributed by atoms with E-state index in [0.29, 0.717) is 17.1 Å². The highest BCUT2D eigenvalue weighted by molar-refractivity contribution is 8.18. The van der Waals surface area contributed by atoms with E-state index in [1.807, 2.05) is 19.1 Å². The van der Waals surface area contributed by atoms with Crippen molar-refractivity contribution in [2.24, 2.45) is 0 Å². The molecule has 33 heavy (non-hydrogen) atoms. The van der Waals surface area contributed by atoms with Crippen LogP contribution in [0.5, 0.6) is 0 Å². The summed E-state index contributed by atoms with van der Waals surface area (Å²) in [5.41, 5.74) is 2.65. The molecule has 0 bridgehead atoms. The molecule has 2 aromatic carbocycles. The molecule has 2 heterocycles. The standard InChI is InChI=1S/C23H18N4O5S/c1-15-7-9-16(10-8-15)24-21(28)14-26-22(29)20(33-23(26)30)13-18-6-3-11-25(18)17-4-2-5-19(12-17)27(31)32/h2-13H,14H2,1H3,(H,24,28)/b20-13-. The average molecular weight is 462 g/mol. The van der Waals surface area contributed by atoms with Crippen molar-refractivity contribution in [2.45, 2.75) is 6.92 Å². The van der Waals surface area contributed by atoms with E-state index in [9.17, 15) is 24.5 Å². The lowest BCUT2D eigenvalue weighted by Gasteiger charge is -2.12. The molecule has 10 heteroatoms. The summed E-state index contributed by atoms with van der Waals surface area (Å²) in [5.74, 6) is -1.06. The van der Waals surface area contributed by atoms with Gasteiger partial charge in [0.2, 0.25) is 5.91 Å². The van der Waals surface area contributed by atoms with E-state index < -0.39 is 28.5 Å². The Labute approximate surface area is 192 Å². The van der Waals surface area contributed by atoms with Crippen molar-refractivity contribution in [3.63, 3.8) is 0 Å². The number of nitrogens with zero attached hydrogens (tertiary/aromatic N) is 3. The Kier molecular flexibility index (Phi) is 6.09. The normalized spacial score (nSPS) is 14.7. The number of aryl methyl sites for hydroxylation is 1.